The van der Waals surface area contributed by atoms with Gasteiger partial charge in [-0.05, 0) is 64.9 Å². The smallest absolute Gasteiger partial charge is 0.306 e. The Bertz CT molecular complexity index is 640. The van der Waals surface area contributed by atoms with Gasteiger partial charge in [-0.1, -0.05) is 13.8 Å². The Hall–Kier alpha value is -0.560. The van der Waals surface area contributed by atoms with Crippen molar-refractivity contribution >= 4 is 37.2 Å². The summed E-state index contributed by atoms with van der Waals surface area (Å²) in [6, 6.07) is 0. The van der Waals surface area contributed by atoms with E-state index in [1.807, 2.05) is 55.4 Å². The highest BCUT2D eigenvalue weighted by atomic mass is 32.1. The van der Waals surface area contributed by atoms with Gasteiger partial charge in [-0.25, -0.2) is 0 Å². The van der Waals surface area contributed by atoms with Crippen LogP contribution in [0.1, 0.15) is 68.2 Å². The first kappa shape index (κ1) is 38.4. The van der Waals surface area contributed by atoms with Crippen molar-refractivity contribution in [2.45, 2.75) is 105 Å². The van der Waals surface area contributed by atoms with Crippen LogP contribution < -0.4 is 0 Å². The Kier molecular flexibility index (Phi) is 22.7. The van der Waals surface area contributed by atoms with Gasteiger partial charge in [0.05, 0.1) is 63.6 Å². The van der Waals surface area contributed by atoms with Gasteiger partial charge in [0, 0.05) is 12.8 Å². The van der Waals surface area contributed by atoms with Crippen LogP contribution in [0.15, 0.2) is 0 Å². The number of rotatable bonds is 24. The van der Waals surface area contributed by atoms with E-state index in [9.17, 15) is 9.59 Å². The van der Waals surface area contributed by atoms with Crippen LogP contribution in [0.25, 0.3) is 0 Å². The summed E-state index contributed by atoms with van der Waals surface area (Å²) in [7, 11) is 0. The summed E-state index contributed by atoms with van der Waals surface area (Å²) >= 11 is 8.37. The SMILES string of the molecule is CC(CS)CC(=O)OCC(C)OCC(C)OCC(C)OCC(C)OCC(C)OCC(C)OC(=O)CC(C)CS. The molecule has 9 nitrogen and oxygen atoms in total. The van der Waals surface area contributed by atoms with Crippen LogP contribution >= 0.6 is 25.3 Å². The zero-order chi connectivity index (χ0) is 29.8. The van der Waals surface area contributed by atoms with Gasteiger partial charge in [-0.15, -0.1) is 0 Å². The Morgan fingerprint density at radius 1 is 0.487 bits per heavy atom. The minimum absolute atomic E-state index is 0.111. The summed E-state index contributed by atoms with van der Waals surface area (Å²) < 4.78 is 39.6. The molecule has 0 N–H and O–H groups in total. The van der Waals surface area contributed by atoms with Crippen molar-refractivity contribution in [1.82, 2.24) is 0 Å². The van der Waals surface area contributed by atoms with Crippen LogP contribution in [0.5, 0.6) is 0 Å². The van der Waals surface area contributed by atoms with Crippen LogP contribution in [0.3, 0.4) is 0 Å². The molecule has 0 radical (unpaired) electrons. The molecular weight excluding hydrogens is 544 g/mol. The quantitative estimate of drug-likeness (QED) is 0.124. The fraction of sp³-hybridized carbons (Fsp3) is 0.929. The van der Waals surface area contributed by atoms with Crippen LogP contribution in [0.2, 0.25) is 0 Å². The summed E-state index contributed by atoms with van der Waals surface area (Å²) in [5, 5.41) is 0. The first-order chi connectivity index (χ1) is 18.4. The maximum absolute atomic E-state index is 11.8. The lowest BCUT2D eigenvalue weighted by atomic mass is 10.1. The number of esters is 2. The third-order valence-electron chi connectivity index (χ3n) is 5.54. The number of thiol groups is 2. The second-order valence-electron chi connectivity index (χ2n) is 10.7. The van der Waals surface area contributed by atoms with Crippen molar-refractivity contribution in [3.05, 3.63) is 0 Å². The molecule has 0 saturated carbocycles. The van der Waals surface area contributed by atoms with E-state index in [4.69, 9.17) is 33.2 Å². The lowest BCUT2D eigenvalue weighted by molar-refractivity contribution is -0.154. The van der Waals surface area contributed by atoms with E-state index >= 15 is 0 Å². The minimum atomic E-state index is -0.320. The average molecular weight is 599 g/mol. The van der Waals surface area contributed by atoms with Gasteiger partial charge >= 0.3 is 11.9 Å². The lowest BCUT2D eigenvalue weighted by Crippen LogP contribution is -2.30. The van der Waals surface area contributed by atoms with Gasteiger partial charge in [0.2, 0.25) is 0 Å². The van der Waals surface area contributed by atoms with Crippen molar-refractivity contribution in [2.75, 3.05) is 51.1 Å². The van der Waals surface area contributed by atoms with E-state index < -0.39 is 0 Å². The predicted octanol–water partition coefficient (Wildman–Crippen LogP) is 4.40. The molecule has 11 heteroatoms. The minimum Gasteiger partial charge on any atom is -0.463 e. The molecule has 0 aliphatic carbocycles. The lowest BCUT2D eigenvalue weighted by Gasteiger charge is -2.22. The summed E-state index contributed by atoms with van der Waals surface area (Å²) in [4.78, 5) is 23.6. The third kappa shape index (κ3) is 22.8. The molecule has 0 fully saturated rings. The fourth-order valence-electron chi connectivity index (χ4n) is 3.01. The van der Waals surface area contributed by atoms with Gasteiger partial charge in [0.1, 0.15) is 12.7 Å². The number of hydrogen-bond donors (Lipinski definition) is 2. The Balaban J connectivity index is 3.93. The highest BCUT2D eigenvalue weighted by Crippen LogP contribution is 2.09. The topological polar surface area (TPSA) is 98.8 Å². The highest BCUT2D eigenvalue weighted by molar-refractivity contribution is 7.80. The molecule has 0 aliphatic rings. The number of ether oxygens (including phenoxy) is 7. The van der Waals surface area contributed by atoms with Gasteiger partial charge < -0.3 is 33.2 Å². The molecule has 0 aromatic rings. The molecule has 8 unspecified atom stereocenters. The molecule has 0 spiro atoms. The van der Waals surface area contributed by atoms with Gasteiger partial charge in [0.15, 0.2) is 0 Å². The van der Waals surface area contributed by atoms with E-state index in [2.05, 4.69) is 25.3 Å². The Labute approximate surface area is 247 Å². The van der Waals surface area contributed by atoms with Crippen molar-refractivity contribution in [3.63, 3.8) is 0 Å². The molecule has 39 heavy (non-hydrogen) atoms. The normalized spacial score (nSPS) is 17.9. The van der Waals surface area contributed by atoms with Crippen LogP contribution in [0, 0.1) is 11.8 Å². The third-order valence-corrected chi connectivity index (χ3v) is 6.79. The van der Waals surface area contributed by atoms with E-state index in [-0.39, 0.29) is 67.0 Å². The second kappa shape index (κ2) is 23.1. The Morgan fingerprint density at radius 3 is 1.15 bits per heavy atom. The van der Waals surface area contributed by atoms with Crippen molar-refractivity contribution in [3.8, 4) is 0 Å². The monoisotopic (exact) mass is 598 g/mol. The molecule has 0 saturated heterocycles. The molecular formula is C28H54O9S2. The standard InChI is InChI=1S/C28H54O9S2/c1-19(17-38)9-27(29)36-15-25(7)34-13-23(5)32-11-21(3)31-12-22(4)33-14-24(6)35-16-26(8)37-28(30)10-20(2)18-39/h19-26,38-39H,9-18H2,1-8H3. The molecule has 232 valence electrons. The van der Waals surface area contributed by atoms with Crippen molar-refractivity contribution in [2.24, 2.45) is 11.8 Å². The van der Waals surface area contributed by atoms with Gasteiger partial charge in [-0.2, -0.15) is 25.3 Å². The van der Waals surface area contributed by atoms with E-state index in [0.29, 0.717) is 57.4 Å². The van der Waals surface area contributed by atoms with E-state index in [0.717, 1.165) is 0 Å². The fourth-order valence-corrected chi connectivity index (χ4v) is 3.27. The van der Waals surface area contributed by atoms with Gasteiger partial charge in [-0.3, -0.25) is 9.59 Å². The summed E-state index contributed by atoms with van der Waals surface area (Å²) in [5.74, 6) is 1.21. The Morgan fingerprint density at radius 2 is 0.795 bits per heavy atom. The molecule has 8 atom stereocenters. The molecule has 0 aromatic heterocycles. The van der Waals surface area contributed by atoms with Crippen molar-refractivity contribution < 1.29 is 42.7 Å². The van der Waals surface area contributed by atoms with Gasteiger partial charge in [0.25, 0.3) is 0 Å². The second-order valence-corrected chi connectivity index (χ2v) is 11.4. The number of hydrogen-bond acceptors (Lipinski definition) is 11. The zero-order valence-electron chi connectivity index (χ0n) is 25.3. The summed E-state index contributed by atoms with van der Waals surface area (Å²) in [5.41, 5.74) is 0. The van der Waals surface area contributed by atoms with Crippen LogP contribution in [-0.4, -0.2) is 99.7 Å². The first-order valence-electron chi connectivity index (χ1n) is 14.0. The van der Waals surface area contributed by atoms with Crippen LogP contribution in [0.4, 0.5) is 0 Å². The van der Waals surface area contributed by atoms with Crippen LogP contribution in [-0.2, 0) is 42.7 Å². The van der Waals surface area contributed by atoms with Crippen molar-refractivity contribution in [1.29, 1.82) is 0 Å². The molecule has 0 rings (SSSR count). The predicted molar refractivity (Wildman–Crippen MR) is 159 cm³/mol. The molecule has 0 bridgehead atoms. The molecule has 0 amide bonds. The summed E-state index contributed by atoms with van der Waals surface area (Å²) in [6.45, 7) is 17.5. The molecule has 0 aromatic carbocycles. The average Bonchev–Trinajstić information content (AvgIpc) is 2.89. The summed E-state index contributed by atoms with van der Waals surface area (Å²) in [6.07, 6.45) is -0.314. The maximum Gasteiger partial charge on any atom is 0.306 e. The highest BCUT2D eigenvalue weighted by Gasteiger charge is 2.16. The zero-order valence-corrected chi connectivity index (χ0v) is 27.0. The maximum atomic E-state index is 11.8. The first-order valence-corrected chi connectivity index (χ1v) is 15.3. The largest absolute Gasteiger partial charge is 0.463 e. The molecule has 0 heterocycles. The number of carbonyl (C=O) groups is 2. The number of carbonyl (C=O) groups excluding carboxylic acids is 2. The van der Waals surface area contributed by atoms with E-state index in [1.54, 1.807) is 0 Å². The molecule has 0 aliphatic heterocycles. The van der Waals surface area contributed by atoms with E-state index in [1.165, 1.54) is 0 Å².